The number of anilines is 1. The lowest BCUT2D eigenvalue weighted by atomic mass is 10.2. The summed E-state index contributed by atoms with van der Waals surface area (Å²) in [5.74, 6) is -0.691. The highest BCUT2D eigenvalue weighted by atomic mass is 32.1. The van der Waals surface area contributed by atoms with Gasteiger partial charge in [-0.1, -0.05) is 13.0 Å². The van der Waals surface area contributed by atoms with Crippen LogP contribution in [0.25, 0.3) is 0 Å². The third-order valence-electron chi connectivity index (χ3n) is 4.35. The Morgan fingerprint density at radius 1 is 1.19 bits per heavy atom. The van der Waals surface area contributed by atoms with E-state index < -0.39 is 5.91 Å². The first-order valence-electron chi connectivity index (χ1n) is 8.60. The van der Waals surface area contributed by atoms with Gasteiger partial charge in [0.25, 0.3) is 11.8 Å². The van der Waals surface area contributed by atoms with Gasteiger partial charge in [-0.3, -0.25) is 25.2 Å². The van der Waals surface area contributed by atoms with Crippen LogP contribution < -0.4 is 15.8 Å². The summed E-state index contributed by atoms with van der Waals surface area (Å²) in [6, 6.07) is 8.67. The van der Waals surface area contributed by atoms with Gasteiger partial charge >= 0.3 is 0 Å². The van der Waals surface area contributed by atoms with Crippen LogP contribution in [0.2, 0.25) is 0 Å². The van der Waals surface area contributed by atoms with Gasteiger partial charge in [-0.2, -0.15) is 0 Å². The fraction of sp³-hybridized carbons (Fsp3) is 0.316. The molecule has 6 nitrogen and oxygen atoms in total. The molecule has 2 heterocycles. The van der Waals surface area contributed by atoms with Crippen molar-refractivity contribution in [2.75, 3.05) is 11.4 Å². The number of benzene rings is 1. The standard InChI is InChI=1S/C19H21N3O3S/c1-3-15-12(2)10-16(26-15)19(25)21-20-18(24)13-6-4-7-14(11-13)22-9-5-8-17(22)23/h4,6-7,10-11H,3,5,8-9H2,1-2H3,(H,20,24)(H,21,25). The SMILES string of the molecule is CCc1sc(C(=O)NNC(=O)c2cccc(N3CCCC3=O)c2)cc1C. The molecule has 1 fully saturated rings. The van der Waals surface area contributed by atoms with Crippen LogP contribution in [0.5, 0.6) is 0 Å². The van der Waals surface area contributed by atoms with Crippen molar-refractivity contribution in [3.05, 3.63) is 51.2 Å². The van der Waals surface area contributed by atoms with Crippen LogP contribution in [0.3, 0.4) is 0 Å². The molecule has 0 radical (unpaired) electrons. The van der Waals surface area contributed by atoms with Gasteiger partial charge in [-0.05, 0) is 49.6 Å². The fourth-order valence-electron chi connectivity index (χ4n) is 2.97. The Kier molecular flexibility index (Phi) is 5.37. The van der Waals surface area contributed by atoms with Gasteiger partial charge in [0.2, 0.25) is 5.91 Å². The van der Waals surface area contributed by atoms with Crippen molar-refractivity contribution in [2.45, 2.75) is 33.1 Å². The molecule has 3 amide bonds. The second-order valence-electron chi connectivity index (χ2n) is 6.18. The average molecular weight is 371 g/mol. The Hall–Kier alpha value is -2.67. The van der Waals surface area contributed by atoms with Crippen molar-refractivity contribution in [1.82, 2.24) is 10.9 Å². The van der Waals surface area contributed by atoms with Crippen molar-refractivity contribution in [3.63, 3.8) is 0 Å². The van der Waals surface area contributed by atoms with E-state index in [1.165, 1.54) is 11.3 Å². The van der Waals surface area contributed by atoms with E-state index in [0.29, 0.717) is 29.1 Å². The number of amides is 3. The lowest BCUT2D eigenvalue weighted by Crippen LogP contribution is -2.41. The van der Waals surface area contributed by atoms with Gasteiger partial charge in [-0.15, -0.1) is 11.3 Å². The molecule has 1 aliphatic rings. The molecule has 1 aromatic carbocycles. The van der Waals surface area contributed by atoms with Gasteiger partial charge < -0.3 is 4.90 Å². The van der Waals surface area contributed by atoms with E-state index in [9.17, 15) is 14.4 Å². The first-order chi connectivity index (χ1) is 12.5. The molecule has 0 bridgehead atoms. The molecular weight excluding hydrogens is 350 g/mol. The monoisotopic (exact) mass is 371 g/mol. The summed E-state index contributed by atoms with van der Waals surface area (Å²) in [7, 11) is 0. The van der Waals surface area contributed by atoms with Crippen LogP contribution in [-0.4, -0.2) is 24.3 Å². The highest BCUT2D eigenvalue weighted by molar-refractivity contribution is 7.14. The van der Waals surface area contributed by atoms with Crippen LogP contribution in [0.15, 0.2) is 30.3 Å². The lowest BCUT2D eigenvalue weighted by molar-refractivity contribution is -0.117. The molecule has 0 unspecified atom stereocenters. The molecule has 0 saturated carbocycles. The van der Waals surface area contributed by atoms with Crippen LogP contribution in [0, 0.1) is 6.92 Å². The molecule has 1 aliphatic heterocycles. The van der Waals surface area contributed by atoms with Gasteiger partial charge in [0, 0.05) is 29.1 Å². The van der Waals surface area contributed by atoms with Gasteiger partial charge in [0.1, 0.15) is 0 Å². The second-order valence-corrected chi connectivity index (χ2v) is 7.31. The number of hydrogen-bond acceptors (Lipinski definition) is 4. The molecule has 3 rings (SSSR count). The minimum atomic E-state index is -0.421. The molecule has 136 valence electrons. The summed E-state index contributed by atoms with van der Waals surface area (Å²) in [4.78, 5) is 39.8. The number of carbonyl (C=O) groups is 3. The molecule has 0 spiro atoms. The molecule has 1 aromatic heterocycles. The van der Waals surface area contributed by atoms with E-state index in [1.54, 1.807) is 29.2 Å². The predicted molar refractivity (Wildman–Crippen MR) is 101 cm³/mol. The maximum Gasteiger partial charge on any atom is 0.279 e. The largest absolute Gasteiger partial charge is 0.312 e. The summed E-state index contributed by atoms with van der Waals surface area (Å²) in [5, 5.41) is 0. The number of rotatable bonds is 4. The lowest BCUT2D eigenvalue weighted by Gasteiger charge is -2.16. The topological polar surface area (TPSA) is 78.5 Å². The Morgan fingerprint density at radius 2 is 1.96 bits per heavy atom. The fourth-order valence-corrected chi connectivity index (χ4v) is 3.98. The van der Waals surface area contributed by atoms with E-state index >= 15 is 0 Å². The summed E-state index contributed by atoms with van der Waals surface area (Å²) >= 11 is 1.43. The van der Waals surface area contributed by atoms with Gasteiger partial charge in [0.05, 0.1) is 4.88 Å². The Bertz CT molecular complexity index is 859. The minimum absolute atomic E-state index is 0.0654. The number of carbonyl (C=O) groups excluding carboxylic acids is 3. The highest BCUT2D eigenvalue weighted by Gasteiger charge is 2.22. The third kappa shape index (κ3) is 3.77. The Labute approximate surface area is 156 Å². The number of nitrogens with one attached hydrogen (secondary N) is 2. The third-order valence-corrected chi connectivity index (χ3v) is 5.73. The Balaban J connectivity index is 1.64. The minimum Gasteiger partial charge on any atom is -0.312 e. The zero-order valence-corrected chi connectivity index (χ0v) is 15.6. The van der Waals surface area contributed by atoms with Crippen LogP contribution >= 0.6 is 11.3 Å². The predicted octanol–water partition coefficient (Wildman–Crippen LogP) is 2.82. The van der Waals surface area contributed by atoms with Gasteiger partial charge in [-0.25, -0.2) is 0 Å². The average Bonchev–Trinajstić information content (AvgIpc) is 3.24. The number of nitrogens with zero attached hydrogens (tertiary/aromatic N) is 1. The van der Waals surface area contributed by atoms with Crippen LogP contribution in [0.1, 0.15) is 50.2 Å². The Morgan fingerprint density at radius 3 is 2.62 bits per heavy atom. The summed E-state index contributed by atoms with van der Waals surface area (Å²) < 4.78 is 0. The van der Waals surface area contributed by atoms with E-state index in [1.807, 2.05) is 19.9 Å². The molecule has 0 atom stereocenters. The second kappa shape index (κ2) is 7.70. The first-order valence-corrected chi connectivity index (χ1v) is 9.41. The zero-order chi connectivity index (χ0) is 18.7. The number of hydrogen-bond donors (Lipinski definition) is 2. The molecule has 0 aliphatic carbocycles. The maximum atomic E-state index is 12.3. The van der Waals surface area contributed by atoms with E-state index in [0.717, 1.165) is 23.3 Å². The summed E-state index contributed by atoms with van der Waals surface area (Å²) in [6.07, 6.45) is 2.23. The normalized spacial score (nSPS) is 13.8. The molecule has 7 heteroatoms. The maximum absolute atomic E-state index is 12.3. The molecular formula is C19H21N3O3S. The quantitative estimate of drug-likeness (QED) is 0.811. The van der Waals surface area contributed by atoms with Crippen molar-refractivity contribution in [1.29, 1.82) is 0 Å². The smallest absolute Gasteiger partial charge is 0.279 e. The van der Waals surface area contributed by atoms with E-state index in [-0.39, 0.29) is 11.8 Å². The van der Waals surface area contributed by atoms with Crippen LogP contribution in [-0.2, 0) is 11.2 Å². The van der Waals surface area contributed by atoms with E-state index in [2.05, 4.69) is 10.9 Å². The van der Waals surface area contributed by atoms with Crippen molar-refractivity contribution in [2.24, 2.45) is 0 Å². The number of aryl methyl sites for hydroxylation is 2. The first kappa shape index (κ1) is 18.1. The van der Waals surface area contributed by atoms with Crippen molar-refractivity contribution >= 4 is 34.7 Å². The summed E-state index contributed by atoms with van der Waals surface area (Å²) in [6.45, 7) is 4.67. The van der Waals surface area contributed by atoms with E-state index in [4.69, 9.17) is 0 Å². The highest BCUT2D eigenvalue weighted by Crippen LogP contribution is 2.23. The van der Waals surface area contributed by atoms with Crippen LogP contribution in [0.4, 0.5) is 5.69 Å². The van der Waals surface area contributed by atoms with Crippen molar-refractivity contribution < 1.29 is 14.4 Å². The van der Waals surface area contributed by atoms with Crippen molar-refractivity contribution in [3.8, 4) is 0 Å². The zero-order valence-electron chi connectivity index (χ0n) is 14.8. The molecule has 26 heavy (non-hydrogen) atoms. The molecule has 2 aromatic rings. The number of hydrazine groups is 1. The molecule has 2 N–H and O–H groups in total. The molecule has 1 saturated heterocycles. The van der Waals surface area contributed by atoms with Gasteiger partial charge in [0.15, 0.2) is 0 Å². The summed E-state index contributed by atoms with van der Waals surface area (Å²) in [5.41, 5.74) is 7.06. The number of thiophene rings is 1.